The third kappa shape index (κ3) is 3.31. The van der Waals surface area contributed by atoms with E-state index in [9.17, 15) is 0 Å². The average Bonchev–Trinajstić information content (AvgIpc) is 2.47. The summed E-state index contributed by atoms with van der Waals surface area (Å²) in [7, 11) is 6.21. The molecule has 1 saturated heterocycles. The van der Waals surface area contributed by atoms with E-state index in [1.165, 1.54) is 4.86 Å². The van der Waals surface area contributed by atoms with Crippen LogP contribution in [0.2, 0.25) is 0 Å². The molecule has 13 heavy (non-hydrogen) atoms. The van der Waals surface area contributed by atoms with Gasteiger partial charge in [-0.25, -0.2) is 10.0 Å². The van der Waals surface area contributed by atoms with Crippen molar-refractivity contribution in [3.8, 4) is 0 Å². The molecule has 3 nitrogen and oxygen atoms in total. The summed E-state index contributed by atoms with van der Waals surface area (Å²) in [5.41, 5.74) is 0. The molecule has 0 aliphatic carbocycles. The van der Waals surface area contributed by atoms with Gasteiger partial charge in [0.1, 0.15) is 0 Å². The molecule has 1 atom stereocenters. The molecule has 0 aromatic heterocycles. The molecule has 0 aromatic rings. The molecule has 0 bridgehead atoms. The van der Waals surface area contributed by atoms with Crippen molar-refractivity contribution < 1.29 is 0 Å². The summed E-state index contributed by atoms with van der Waals surface area (Å²) < 4.78 is 0. The van der Waals surface area contributed by atoms with E-state index in [0.29, 0.717) is 6.04 Å². The van der Waals surface area contributed by atoms with Crippen LogP contribution >= 0.6 is 12.2 Å². The highest BCUT2D eigenvalue weighted by Gasteiger charge is 2.19. The third-order valence-corrected chi connectivity index (χ3v) is 3.06. The first kappa shape index (κ1) is 11.0. The standard InChI is InChI=1S/C9H19N3S/c1-11(2)12(3)7-5-8-9(13)4-6-10-8/h8,10H,4-7H2,1-3H3. The molecule has 1 aliphatic heterocycles. The Morgan fingerprint density at radius 2 is 2.15 bits per heavy atom. The highest BCUT2D eigenvalue weighted by atomic mass is 32.1. The lowest BCUT2D eigenvalue weighted by molar-refractivity contribution is 0.0541. The summed E-state index contributed by atoms with van der Waals surface area (Å²) in [6.07, 6.45) is 2.19. The number of hydrazine groups is 1. The van der Waals surface area contributed by atoms with Crippen LogP contribution in [0.5, 0.6) is 0 Å². The van der Waals surface area contributed by atoms with Gasteiger partial charge in [-0.2, -0.15) is 0 Å². The van der Waals surface area contributed by atoms with Crippen LogP contribution in [-0.4, -0.2) is 55.2 Å². The molecule has 1 unspecified atom stereocenters. The van der Waals surface area contributed by atoms with E-state index in [0.717, 1.165) is 25.9 Å². The number of rotatable bonds is 4. The van der Waals surface area contributed by atoms with Crippen LogP contribution in [0.25, 0.3) is 0 Å². The largest absolute Gasteiger partial charge is 0.309 e. The molecule has 0 amide bonds. The first-order chi connectivity index (χ1) is 6.11. The zero-order valence-corrected chi connectivity index (χ0v) is 9.52. The van der Waals surface area contributed by atoms with E-state index in [1.54, 1.807) is 0 Å². The SMILES string of the molecule is CN(C)N(C)CCC1NCCC1=S. The predicted molar refractivity (Wildman–Crippen MR) is 59.9 cm³/mol. The molecular formula is C9H19N3S. The summed E-state index contributed by atoms with van der Waals surface area (Å²) in [4.78, 5) is 1.20. The molecule has 1 heterocycles. The first-order valence-electron chi connectivity index (χ1n) is 4.75. The van der Waals surface area contributed by atoms with Crippen molar-refractivity contribution in [3.63, 3.8) is 0 Å². The minimum Gasteiger partial charge on any atom is -0.309 e. The van der Waals surface area contributed by atoms with E-state index in [-0.39, 0.29) is 0 Å². The monoisotopic (exact) mass is 201 g/mol. The minimum absolute atomic E-state index is 0.470. The van der Waals surface area contributed by atoms with Crippen LogP contribution in [0, 0.1) is 0 Å². The Labute approximate surface area is 86.1 Å². The lowest BCUT2D eigenvalue weighted by atomic mass is 10.1. The maximum Gasteiger partial charge on any atom is 0.0397 e. The molecule has 0 radical (unpaired) electrons. The number of hydrogen-bond donors (Lipinski definition) is 1. The molecular weight excluding hydrogens is 182 g/mol. The van der Waals surface area contributed by atoms with Gasteiger partial charge in [0, 0.05) is 45.1 Å². The van der Waals surface area contributed by atoms with Gasteiger partial charge in [0.25, 0.3) is 0 Å². The van der Waals surface area contributed by atoms with Crippen LogP contribution in [-0.2, 0) is 0 Å². The van der Waals surface area contributed by atoms with E-state index in [1.807, 2.05) is 0 Å². The second-order valence-corrected chi connectivity index (χ2v) is 4.26. The smallest absolute Gasteiger partial charge is 0.0397 e. The van der Waals surface area contributed by atoms with Crippen LogP contribution in [0.4, 0.5) is 0 Å². The first-order valence-corrected chi connectivity index (χ1v) is 5.16. The zero-order valence-electron chi connectivity index (χ0n) is 8.71. The van der Waals surface area contributed by atoms with Gasteiger partial charge >= 0.3 is 0 Å². The van der Waals surface area contributed by atoms with Gasteiger partial charge in [-0.15, -0.1) is 0 Å². The fourth-order valence-electron chi connectivity index (χ4n) is 1.44. The number of nitrogens with zero attached hydrogens (tertiary/aromatic N) is 2. The van der Waals surface area contributed by atoms with Crippen molar-refractivity contribution >= 4 is 17.1 Å². The van der Waals surface area contributed by atoms with E-state index in [4.69, 9.17) is 12.2 Å². The fraction of sp³-hybridized carbons (Fsp3) is 0.889. The van der Waals surface area contributed by atoms with Crippen molar-refractivity contribution in [1.29, 1.82) is 0 Å². The lowest BCUT2D eigenvalue weighted by Crippen LogP contribution is -2.37. The number of thiocarbonyl (C=S) groups is 1. The van der Waals surface area contributed by atoms with Gasteiger partial charge in [0.2, 0.25) is 0 Å². The second-order valence-electron chi connectivity index (χ2n) is 3.74. The van der Waals surface area contributed by atoms with Gasteiger partial charge in [0.05, 0.1) is 0 Å². The molecule has 1 aliphatic rings. The number of nitrogens with one attached hydrogen (secondary N) is 1. The second kappa shape index (κ2) is 5.00. The maximum absolute atomic E-state index is 5.26. The highest BCUT2D eigenvalue weighted by Crippen LogP contribution is 2.07. The van der Waals surface area contributed by atoms with E-state index in [2.05, 4.69) is 36.5 Å². The Bertz CT molecular complexity index is 182. The summed E-state index contributed by atoms with van der Waals surface area (Å²) in [6, 6.07) is 0.470. The number of hydrogen-bond acceptors (Lipinski definition) is 4. The Morgan fingerprint density at radius 1 is 1.46 bits per heavy atom. The molecule has 0 saturated carbocycles. The Kier molecular flexibility index (Phi) is 4.25. The molecule has 1 fully saturated rings. The Hall–Kier alpha value is -0.0300. The lowest BCUT2D eigenvalue weighted by Gasteiger charge is -2.25. The quantitative estimate of drug-likeness (QED) is 0.528. The van der Waals surface area contributed by atoms with E-state index >= 15 is 0 Å². The van der Waals surface area contributed by atoms with Crippen molar-refractivity contribution in [3.05, 3.63) is 0 Å². The zero-order chi connectivity index (χ0) is 9.84. The van der Waals surface area contributed by atoms with E-state index < -0.39 is 0 Å². The van der Waals surface area contributed by atoms with Gasteiger partial charge in [-0.1, -0.05) is 12.2 Å². The van der Waals surface area contributed by atoms with Gasteiger partial charge in [-0.05, 0) is 12.8 Å². The topological polar surface area (TPSA) is 18.5 Å². The van der Waals surface area contributed by atoms with Crippen molar-refractivity contribution in [1.82, 2.24) is 15.3 Å². The fourth-order valence-corrected chi connectivity index (χ4v) is 1.74. The summed E-state index contributed by atoms with van der Waals surface area (Å²) >= 11 is 5.26. The van der Waals surface area contributed by atoms with Crippen LogP contribution in [0.15, 0.2) is 0 Å². The molecule has 76 valence electrons. The Morgan fingerprint density at radius 3 is 2.62 bits per heavy atom. The summed E-state index contributed by atoms with van der Waals surface area (Å²) in [5, 5.41) is 7.71. The highest BCUT2D eigenvalue weighted by molar-refractivity contribution is 7.80. The average molecular weight is 201 g/mol. The van der Waals surface area contributed by atoms with Gasteiger partial charge in [-0.3, -0.25) is 0 Å². The summed E-state index contributed by atoms with van der Waals surface area (Å²) in [5.74, 6) is 0. The molecule has 4 heteroatoms. The molecule has 0 aromatic carbocycles. The van der Waals surface area contributed by atoms with Crippen LogP contribution in [0.3, 0.4) is 0 Å². The molecule has 1 rings (SSSR count). The van der Waals surface area contributed by atoms with Crippen molar-refractivity contribution in [2.75, 3.05) is 34.2 Å². The predicted octanol–water partition coefficient (Wildman–Crippen LogP) is 0.517. The van der Waals surface area contributed by atoms with Gasteiger partial charge in [0.15, 0.2) is 0 Å². The van der Waals surface area contributed by atoms with Gasteiger partial charge < -0.3 is 5.32 Å². The van der Waals surface area contributed by atoms with Crippen molar-refractivity contribution in [2.24, 2.45) is 0 Å². The third-order valence-electron chi connectivity index (χ3n) is 2.58. The summed E-state index contributed by atoms with van der Waals surface area (Å²) in [6.45, 7) is 2.12. The molecule has 1 N–H and O–H groups in total. The van der Waals surface area contributed by atoms with Crippen molar-refractivity contribution in [2.45, 2.75) is 18.9 Å². The van der Waals surface area contributed by atoms with Crippen LogP contribution < -0.4 is 5.32 Å². The maximum atomic E-state index is 5.26. The normalized spacial score (nSPS) is 23.5. The molecule has 0 spiro atoms. The Balaban J connectivity index is 2.22. The van der Waals surface area contributed by atoms with Crippen LogP contribution in [0.1, 0.15) is 12.8 Å². The minimum atomic E-state index is 0.470.